The van der Waals surface area contributed by atoms with Crippen molar-refractivity contribution in [2.45, 2.75) is 37.1 Å². The molecule has 0 saturated carbocycles. The Labute approximate surface area is 132 Å². The van der Waals surface area contributed by atoms with Crippen LogP contribution in [-0.4, -0.2) is 33.7 Å². The van der Waals surface area contributed by atoms with Gasteiger partial charge in [0, 0.05) is 12.7 Å². The maximum Gasteiger partial charge on any atom is 0.220 e. The molecule has 0 aliphatic carbocycles. The molecule has 1 heterocycles. The number of rotatable bonds is 6. The highest BCUT2D eigenvalue weighted by Gasteiger charge is 2.17. The summed E-state index contributed by atoms with van der Waals surface area (Å²) in [5.41, 5.74) is 0.906. The molecular weight excluding hydrogens is 300 g/mol. The molecule has 22 heavy (non-hydrogen) atoms. The number of nitrogens with one attached hydrogen (secondary N) is 2. The second-order valence-corrected chi connectivity index (χ2v) is 8.04. The summed E-state index contributed by atoms with van der Waals surface area (Å²) in [5, 5.41) is 6.27. The summed E-state index contributed by atoms with van der Waals surface area (Å²) in [5.74, 6) is 0.654. The number of benzene rings is 1. The lowest BCUT2D eigenvalue weighted by molar-refractivity contribution is -0.122. The van der Waals surface area contributed by atoms with Crippen molar-refractivity contribution in [2.24, 2.45) is 5.92 Å². The fourth-order valence-electron chi connectivity index (χ4n) is 2.70. The second kappa shape index (κ2) is 7.24. The van der Waals surface area contributed by atoms with Crippen LogP contribution in [0.3, 0.4) is 0 Å². The van der Waals surface area contributed by atoms with Crippen molar-refractivity contribution in [1.82, 2.24) is 10.6 Å². The lowest BCUT2D eigenvalue weighted by Gasteiger charge is -2.15. The van der Waals surface area contributed by atoms with Crippen LogP contribution in [0.5, 0.6) is 0 Å². The lowest BCUT2D eigenvalue weighted by Crippen LogP contribution is -2.27. The Bertz CT molecular complexity index is 605. The first-order valence-corrected chi connectivity index (χ1v) is 9.55. The summed E-state index contributed by atoms with van der Waals surface area (Å²) in [4.78, 5) is 12.3. The largest absolute Gasteiger partial charge is 0.350 e. The molecule has 1 aromatic carbocycles. The van der Waals surface area contributed by atoms with Crippen molar-refractivity contribution in [3.63, 3.8) is 0 Å². The first kappa shape index (κ1) is 17.0. The van der Waals surface area contributed by atoms with E-state index in [0.29, 0.717) is 17.2 Å². The zero-order chi connectivity index (χ0) is 16.2. The number of hydrogen-bond acceptors (Lipinski definition) is 4. The van der Waals surface area contributed by atoms with Crippen LogP contribution in [-0.2, 0) is 14.6 Å². The van der Waals surface area contributed by atoms with Crippen LogP contribution in [0.4, 0.5) is 0 Å². The average molecular weight is 324 g/mol. The zero-order valence-corrected chi connectivity index (χ0v) is 13.9. The van der Waals surface area contributed by atoms with Crippen molar-refractivity contribution in [3.05, 3.63) is 29.8 Å². The molecule has 0 aromatic heterocycles. The molecule has 1 saturated heterocycles. The number of carbonyl (C=O) groups is 1. The molecule has 1 aliphatic rings. The first-order chi connectivity index (χ1) is 10.4. The van der Waals surface area contributed by atoms with Crippen molar-refractivity contribution in [1.29, 1.82) is 0 Å². The molecule has 122 valence electrons. The second-order valence-electron chi connectivity index (χ2n) is 6.03. The Morgan fingerprint density at radius 3 is 2.59 bits per heavy atom. The molecular formula is C16H24N2O3S. The van der Waals surface area contributed by atoms with Crippen molar-refractivity contribution < 1.29 is 13.2 Å². The Kier molecular flexibility index (Phi) is 5.58. The van der Waals surface area contributed by atoms with Gasteiger partial charge in [-0.2, -0.15) is 0 Å². The molecule has 2 atom stereocenters. The summed E-state index contributed by atoms with van der Waals surface area (Å²) in [7, 11) is -3.18. The summed E-state index contributed by atoms with van der Waals surface area (Å²) >= 11 is 0. The fourth-order valence-corrected chi connectivity index (χ4v) is 3.33. The van der Waals surface area contributed by atoms with E-state index >= 15 is 0 Å². The number of amides is 1. The van der Waals surface area contributed by atoms with Crippen LogP contribution >= 0.6 is 0 Å². The van der Waals surface area contributed by atoms with E-state index in [1.807, 2.05) is 6.92 Å². The first-order valence-electron chi connectivity index (χ1n) is 7.66. The summed E-state index contributed by atoms with van der Waals surface area (Å²) in [6.45, 7) is 3.97. The smallest absolute Gasteiger partial charge is 0.220 e. The monoisotopic (exact) mass is 324 g/mol. The molecule has 0 bridgehead atoms. The van der Waals surface area contributed by atoms with E-state index in [0.717, 1.165) is 31.5 Å². The minimum Gasteiger partial charge on any atom is -0.350 e. The van der Waals surface area contributed by atoms with Crippen molar-refractivity contribution in [2.75, 3.05) is 19.3 Å². The third kappa shape index (κ3) is 4.81. The Morgan fingerprint density at radius 1 is 1.36 bits per heavy atom. The van der Waals surface area contributed by atoms with E-state index in [2.05, 4.69) is 10.6 Å². The van der Waals surface area contributed by atoms with Gasteiger partial charge in [0.2, 0.25) is 5.91 Å². The molecule has 1 fully saturated rings. The van der Waals surface area contributed by atoms with Crippen LogP contribution < -0.4 is 10.6 Å². The van der Waals surface area contributed by atoms with Gasteiger partial charge in [-0.15, -0.1) is 0 Å². The highest BCUT2D eigenvalue weighted by molar-refractivity contribution is 7.90. The minimum absolute atomic E-state index is 0.0478. The van der Waals surface area contributed by atoms with E-state index in [1.165, 1.54) is 6.26 Å². The molecule has 0 spiro atoms. The molecule has 2 rings (SSSR count). The molecule has 2 N–H and O–H groups in total. The number of sulfone groups is 1. The predicted octanol–water partition coefficient (Wildman–Crippen LogP) is 1.66. The van der Waals surface area contributed by atoms with Crippen LogP contribution in [0.15, 0.2) is 29.2 Å². The number of hydrogen-bond donors (Lipinski definition) is 2. The molecule has 6 heteroatoms. The summed E-state index contributed by atoms with van der Waals surface area (Å²) in [6, 6.07) is 6.54. The predicted molar refractivity (Wildman–Crippen MR) is 86.3 cm³/mol. The normalized spacial score (nSPS) is 19.8. The minimum atomic E-state index is -3.18. The van der Waals surface area contributed by atoms with E-state index in [9.17, 15) is 13.2 Å². The van der Waals surface area contributed by atoms with Crippen LogP contribution in [0.2, 0.25) is 0 Å². The third-order valence-electron chi connectivity index (χ3n) is 4.13. The highest BCUT2D eigenvalue weighted by atomic mass is 32.2. The summed E-state index contributed by atoms with van der Waals surface area (Å²) < 4.78 is 22.9. The van der Waals surface area contributed by atoms with Gasteiger partial charge in [-0.1, -0.05) is 12.1 Å². The van der Waals surface area contributed by atoms with Gasteiger partial charge in [0.15, 0.2) is 9.84 Å². The lowest BCUT2D eigenvalue weighted by atomic mass is 10.0. The molecule has 1 aromatic rings. The van der Waals surface area contributed by atoms with Gasteiger partial charge in [0.1, 0.15) is 0 Å². The van der Waals surface area contributed by atoms with E-state index in [1.54, 1.807) is 24.3 Å². The van der Waals surface area contributed by atoms with E-state index in [4.69, 9.17) is 0 Å². The molecule has 1 aliphatic heterocycles. The van der Waals surface area contributed by atoms with Gasteiger partial charge < -0.3 is 10.6 Å². The van der Waals surface area contributed by atoms with Gasteiger partial charge in [-0.3, -0.25) is 4.79 Å². The van der Waals surface area contributed by atoms with Gasteiger partial charge in [0.05, 0.1) is 10.9 Å². The topological polar surface area (TPSA) is 75.3 Å². The number of carbonyl (C=O) groups excluding carboxylic acids is 1. The van der Waals surface area contributed by atoms with E-state index in [-0.39, 0.29) is 11.9 Å². The van der Waals surface area contributed by atoms with E-state index < -0.39 is 9.84 Å². The Balaban J connectivity index is 1.85. The quantitative estimate of drug-likeness (QED) is 0.834. The van der Waals surface area contributed by atoms with Gasteiger partial charge in [0.25, 0.3) is 0 Å². The zero-order valence-electron chi connectivity index (χ0n) is 13.1. The van der Waals surface area contributed by atoms with Crippen molar-refractivity contribution >= 4 is 15.7 Å². The maximum atomic E-state index is 12.0. The standard InChI is InChI=1S/C16H24N2O3S/c1-12(14-4-6-15(7-5-14)22(2,20)21)18-16(19)8-3-13-9-10-17-11-13/h4-7,12-13,17H,3,8-11H2,1-2H3,(H,18,19). The maximum absolute atomic E-state index is 12.0. The summed E-state index contributed by atoms with van der Waals surface area (Å²) in [6.07, 6.45) is 3.79. The molecule has 1 amide bonds. The molecule has 0 radical (unpaired) electrons. The van der Waals surface area contributed by atoms with Crippen LogP contribution in [0.1, 0.15) is 37.8 Å². The Morgan fingerprint density at radius 2 is 2.05 bits per heavy atom. The fraction of sp³-hybridized carbons (Fsp3) is 0.562. The van der Waals surface area contributed by atoms with Crippen LogP contribution in [0.25, 0.3) is 0 Å². The van der Waals surface area contributed by atoms with Crippen molar-refractivity contribution in [3.8, 4) is 0 Å². The highest BCUT2D eigenvalue weighted by Crippen LogP contribution is 2.18. The molecule has 5 nitrogen and oxygen atoms in total. The van der Waals surface area contributed by atoms with Crippen LogP contribution in [0, 0.1) is 5.92 Å². The Hall–Kier alpha value is -1.40. The average Bonchev–Trinajstić information content (AvgIpc) is 2.97. The van der Waals surface area contributed by atoms with Gasteiger partial charge in [-0.05, 0) is 56.5 Å². The van der Waals surface area contributed by atoms with Gasteiger partial charge >= 0.3 is 0 Å². The van der Waals surface area contributed by atoms with Gasteiger partial charge in [-0.25, -0.2) is 8.42 Å². The SMILES string of the molecule is CC(NC(=O)CCC1CCNC1)c1ccc(S(C)(=O)=O)cc1. The molecule has 2 unspecified atom stereocenters. The third-order valence-corrected chi connectivity index (χ3v) is 5.26.